The molecule has 0 amide bonds. The molecular weight excluding hydrogens is 288 g/mol. The summed E-state index contributed by atoms with van der Waals surface area (Å²) in [7, 11) is 2.00. The lowest BCUT2D eigenvalue weighted by molar-refractivity contribution is 0.350. The Morgan fingerprint density at radius 3 is 2.77 bits per heavy atom. The van der Waals surface area contributed by atoms with Crippen LogP contribution in [-0.2, 0) is 6.54 Å². The van der Waals surface area contributed by atoms with Crippen molar-refractivity contribution in [3.63, 3.8) is 0 Å². The summed E-state index contributed by atoms with van der Waals surface area (Å²) < 4.78 is 1.35. The van der Waals surface area contributed by atoms with Crippen LogP contribution in [0.4, 0.5) is 0 Å². The molecule has 0 aliphatic heterocycles. The van der Waals surface area contributed by atoms with Crippen molar-refractivity contribution in [1.29, 1.82) is 0 Å². The van der Waals surface area contributed by atoms with Crippen LogP contribution in [0.3, 0.4) is 0 Å². The minimum Gasteiger partial charge on any atom is -0.296 e. The van der Waals surface area contributed by atoms with E-state index in [1.165, 1.54) is 21.2 Å². The van der Waals surface area contributed by atoms with Crippen LogP contribution in [0.15, 0.2) is 71.2 Å². The maximum atomic E-state index is 4.45. The second kappa shape index (κ2) is 7.05. The number of benzene rings is 2. The van der Waals surface area contributed by atoms with E-state index in [0.717, 1.165) is 6.54 Å². The molecule has 0 fully saturated rings. The molecule has 0 unspecified atom stereocenters. The van der Waals surface area contributed by atoms with Crippen LogP contribution >= 0.6 is 11.3 Å². The van der Waals surface area contributed by atoms with Crippen molar-refractivity contribution in [2.75, 3.05) is 7.05 Å². The highest BCUT2D eigenvalue weighted by Gasteiger charge is 2.03. The first kappa shape index (κ1) is 14.5. The summed E-state index contributed by atoms with van der Waals surface area (Å²) in [4.78, 5) is 0. The second-order valence-electron chi connectivity index (χ2n) is 5.11. The Balaban J connectivity index is 1.63. The zero-order chi connectivity index (χ0) is 15.2. The summed E-state index contributed by atoms with van der Waals surface area (Å²) in [5, 5.41) is 9.86. The van der Waals surface area contributed by atoms with Crippen LogP contribution in [0.5, 0.6) is 0 Å². The zero-order valence-electron chi connectivity index (χ0n) is 12.5. The van der Waals surface area contributed by atoms with Crippen molar-refractivity contribution in [2.45, 2.75) is 6.54 Å². The van der Waals surface area contributed by atoms with Crippen molar-refractivity contribution in [3.05, 3.63) is 77.2 Å². The van der Waals surface area contributed by atoms with Gasteiger partial charge in [-0.05, 0) is 34.0 Å². The van der Waals surface area contributed by atoms with E-state index < -0.39 is 0 Å². The molecule has 1 aromatic heterocycles. The average Bonchev–Trinajstić information content (AvgIpc) is 3.02. The van der Waals surface area contributed by atoms with Crippen LogP contribution in [-0.4, -0.2) is 18.3 Å². The Kier molecular flexibility index (Phi) is 4.66. The van der Waals surface area contributed by atoms with Crippen molar-refractivity contribution in [3.8, 4) is 0 Å². The van der Waals surface area contributed by atoms with E-state index in [1.54, 1.807) is 11.3 Å². The second-order valence-corrected chi connectivity index (χ2v) is 6.02. The lowest BCUT2D eigenvalue weighted by atomic mass is 10.1. The van der Waals surface area contributed by atoms with E-state index in [2.05, 4.69) is 53.0 Å². The van der Waals surface area contributed by atoms with Gasteiger partial charge in [0.2, 0.25) is 0 Å². The lowest BCUT2D eigenvalue weighted by Gasteiger charge is -2.12. The topological polar surface area (TPSA) is 15.6 Å². The summed E-state index contributed by atoms with van der Waals surface area (Å²) >= 11 is 1.79. The van der Waals surface area contributed by atoms with E-state index in [1.807, 2.05) is 42.5 Å². The molecule has 2 aromatic carbocycles. The van der Waals surface area contributed by atoms with Crippen LogP contribution in [0.2, 0.25) is 0 Å². The maximum absolute atomic E-state index is 4.45. The van der Waals surface area contributed by atoms with E-state index in [-0.39, 0.29) is 0 Å². The van der Waals surface area contributed by atoms with Gasteiger partial charge >= 0.3 is 0 Å². The molecule has 3 aromatic rings. The quantitative estimate of drug-likeness (QED) is 0.476. The van der Waals surface area contributed by atoms with Gasteiger partial charge in [0.05, 0.1) is 6.54 Å². The van der Waals surface area contributed by atoms with Gasteiger partial charge in [-0.2, -0.15) is 5.10 Å². The first-order valence-electron chi connectivity index (χ1n) is 7.25. The van der Waals surface area contributed by atoms with E-state index in [0.29, 0.717) is 0 Å². The number of thiophene rings is 1. The molecule has 22 heavy (non-hydrogen) atoms. The van der Waals surface area contributed by atoms with Crippen molar-refractivity contribution in [1.82, 2.24) is 5.01 Å². The minimum atomic E-state index is 0.813. The largest absolute Gasteiger partial charge is 0.296 e. The standard InChI is InChI=1S/C19H18N2S/c1-21(20-13-6-9-16-7-3-2-4-8-16)15-18-11-5-10-17-12-14-22-19(17)18/h2-14H,15H2,1H3/b9-6+,20-13-. The summed E-state index contributed by atoms with van der Waals surface area (Å²) in [5.41, 5.74) is 2.50. The molecule has 0 atom stereocenters. The Morgan fingerprint density at radius 2 is 1.91 bits per heavy atom. The van der Waals surface area contributed by atoms with E-state index in [9.17, 15) is 0 Å². The van der Waals surface area contributed by atoms with Gasteiger partial charge in [0, 0.05) is 18.0 Å². The fourth-order valence-corrected chi connectivity index (χ4v) is 3.24. The normalized spacial score (nSPS) is 11.7. The van der Waals surface area contributed by atoms with Gasteiger partial charge in [-0.3, -0.25) is 5.01 Å². The Hall–Kier alpha value is -2.39. The molecule has 0 radical (unpaired) electrons. The molecule has 0 aliphatic carbocycles. The fraction of sp³-hybridized carbons (Fsp3) is 0.105. The van der Waals surface area contributed by atoms with E-state index in [4.69, 9.17) is 0 Å². The van der Waals surface area contributed by atoms with E-state index >= 15 is 0 Å². The maximum Gasteiger partial charge on any atom is 0.0621 e. The van der Waals surface area contributed by atoms with Gasteiger partial charge < -0.3 is 0 Å². The number of allylic oxidation sites excluding steroid dienone is 1. The van der Waals surface area contributed by atoms with Gasteiger partial charge in [-0.25, -0.2) is 0 Å². The third kappa shape index (κ3) is 3.62. The highest BCUT2D eigenvalue weighted by molar-refractivity contribution is 7.17. The Morgan fingerprint density at radius 1 is 1.05 bits per heavy atom. The SMILES string of the molecule is CN(Cc1cccc2ccsc12)/N=C\C=C\c1ccccc1. The van der Waals surface area contributed by atoms with Crippen LogP contribution in [0.1, 0.15) is 11.1 Å². The predicted octanol–water partition coefficient (Wildman–Crippen LogP) is 5.03. The summed E-state index contributed by atoms with van der Waals surface area (Å²) in [6.45, 7) is 0.813. The van der Waals surface area contributed by atoms with Crippen molar-refractivity contribution >= 4 is 33.7 Å². The lowest BCUT2D eigenvalue weighted by Crippen LogP contribution is -2.10. The monoisotopic (exact) mass is 306 g/mol. The molecule has 1 heterocycles. The third-order valence-corrected chi connectivity index (χ3v) is 4.40. The first-order chi connectivity index (χ1) is 10.8. The van der Waals surface area contributed by atoms with Crippen molar-refractivity contribution < 1.29 is 0 Å². The Labute approximate surface area is 135 Å². The van der Waals surface area contributed by atoms with Gasteiger partial charge in [-0.15, -0.1) is 11.3 Å². The molecule has 0 bridgehead atoms. The molecule has 0 spiro atoms. The molecule has 0 saturated carbocycles. The molecule has 3 heteroatoms. The molecule has 0 N–H and O–H groups in total. The Bertz CT molecular complexity index is 787. The van der Waals surface area contributed by atoms with Crippen molar-refractivity contribution in [2.24, 2.45) is 5.10 Å². The van der Waals surface area contributed by atoms with Crippen LogP contribution in [0.25, 0.3) is 16.2 Å². The highest BCUT2D eigenvalue weighted by Crippen LogP contribution is 2.25. The van der Waals surface area contributed by atoms with Crippen LogP contribution < -0.4 is 0 Å². The molecule has 2 nitrogen and oxygen atoms in total. The highest BCUT2D eigenvalue weighted by atomic mass is 32.1. The molecule has 110 valence electrons. The summed E-state index contributed by atoms with van der Waals surface area (Å²) in [6, 6.07) is 18.8. The average molecular weight is 306 g/mol. The van der Waals surface area contributed by atoms with Gasteiger partial charge in [0.15, 0.2) is 0 Å². The number of fused-ring (bicyclic) bond motifs is 1. The number of nitrogens with zero attached hydrogens (tertiary/aromatic N) is 2. The smallest absolute Gasteiger partial charge is 0.0621 e. The fourth-order valence-electron chi connectivity index (χ4n) is 2.34. The number of hydrazone groups is 1. The number of hydrogen-bond acceptors (Lipinski definition) is 3. The first-order valence-corrected chi connectivity index (χ1v) is 8.13. The number of rotatable bonds is 5. The van der Waals surface area contributed by atoms with Gasteiger partial charge in [0.1, 0.15) is 0 Å². The summed E-state index contributed by atoms with van der Waals surface area (Å²) in [5.74, 6) is 0. The minimum absolute atomic E-state index is 0.813. The molecule has 0 saturated heterocycles. The molecule has 3 rings (SSSR count). The molecule has 0 aliphatic rings. The zero-order valence-corrected chi connectivity index (χ0v) is 13.3. The predicted molar refractivity (Wildman–Crippen MR) is 97.3 cm³/mol. The summed E-state index contributed by atoms with van der Waals surface area (Å²) in [6.07, 6.45) is 5.86. The third-order valence-electron chi connectivity index (χ3n) is 3.40. The van der Waals surface area contributed by atoms with Crippen LogP contribution in [0, 0.1) is 0 Å². The number of hydrogen-bond donors (Lipinski definition) is 0. The van der Waals surface area contributed by atoms with Gasteiger partial charge in [0.25, 0.3) is 0 Å². The molecular formula is C19H18N2S. The van der Waals surface area contributed by atoms with Gasteiger partial charge in [-0.1, -0.05) is 54.6 Å².